The molecular formula is C17H15BrClNO2S. The number of hydrogen-bond donors (Lipinski definition) is 0. The molecule has 0 bridgehead atoms. The number of amides is 1. The summed E-state index contributed by atoms with van der Waals surface area (Å²) in [5.74, 6) is 1.34. The molecule has 3 nitrogen and oxygen atoms in total. The highest BCUT2D eigenvalue weighted by Crippen LogP contribution is 2.45. The topological polar surface area (TPSA) is 29.5 Å². The molecule has 6 heteroatoms. The Morgan fingerprint density at radius 2 is 2.04 bits per heavy atom. The van der Waals surface area contributed by atoms with Crippen LogP contribution in [0.15, 0.2) is 46.9 Å². The zero-order chi connectivity index (χ0) is 16.4. The van der Waals surface area contributed by atoms with Crippen molar-refractivity contribution in [2.45, 2.75) is 12.3 Å². The van der Waals surface area contributed by atoms with Crippen LogP contribution in [-0.2, 0) is 4.79 Å². The monoisotopic (exact) mass is 411 g/mol. The van der Waals surface area contributed by atoms with Crippen molar-refractivity contribution < 1.29 is 9.53 Å². The van der Waals surface area contributed by atoms with Gasteiger partial charge in [-0.05, 0) is 49.4 Å². The Morgan fingerprint density at radius 1 is 1.30 bits per heavy atom. The van der Waals surface area contributed by atoms with Crippen molar-refractivity contribution in [2.75, 3.05) is 17.3 Å². The Kier molecular flexibility index (Phi) is 5.19. The Balaban J connectivity index is 2.02. The lowest BCUT2D eigenvalue weighted by atomic mass is 10.1. The molecule has 1 aliphatic heterocycles. The van der Waals surface area contributed by atoms with Crippen LogP contribution in [-0.4, -0.2) is 18.3 Å². The maximum Gasteiger partial charge on any atom is 0.238 e. The van der Waals surface area contributed by atoms with Gasteiger partial charge in [0.25, 0.3) is 0 Å². The second kappa shape index (κ2) is 7.16. The molecule has 0 saturated carbocycles. The van der Waals surface area contributed by atoms with Gasteiger partial charge in [0, 0.05) is 20.7 Å². The SMILES string of the molecule is CCOc1ccc(Br)cc1[C@@H]1SCC(=O)N1c1ccc(Cl)cc1. The number of rotatable bonds is 4. The maximum absolute atomic E-state index is 12.4. The Morgan fingerprint density at radius 3 is 2.74 bits per heavy atom. The second-order valence-electron chi connectivity index (χ2n) is 5.02. The Hall–Kier alpha value is -1.17. The van der Waals surface area contributed by atoms with Crippen LogP contribution < -0.4 is 9.64 Å². The van der Waals surface area contributed by atoms with E-state index in [2.05, 4.69) is 15.9 Å². The van der Waals surface area contributed by atoms with Crippen molar-refractivity contribution >= 4 is 50.9 Å². The highest BCUT2D eigenvalue weighted by molar-refractivity contribution is 9.10. The lowest BCUT2D eigenvalue weighted by molar-refractivity contribution is -0.115. The van der Waals surface area contributed by atoms with Gasteiger partial charge in [0.15, 0.2) is 0 Å². The molecule has 0 N–H and O–H groups in total. The Labute approximate surface area is 153 Å². The van der Waals surface area contributed by atoms with Gasteiger partial charge < -0.3 is 4.74 Å². The average Bonchev–Trinajstić information content (AvgIpc) is 2.92. The summed E-state index contributed by atoms with van der Waals surface area (Å²) < 4.78 is 6.71. The summed E-state index contributed by atoms with van der Waals surface area (Å²) in [6.45, 7) is 2.54. The van der Waals surface area contributed by atoms with E-state index in [4.69, 9.17) is 16.3 Å². The summed E-state index contributed by atoms with van der Waals surface area (Å²) >= 11 is 11.1. The number of ether oxygens (including phenoxy) is 1. The van der Waals surface area contributed by atoms with Crippen LogP contribution in [0.25, 0.3) is 0 Å². The highest BCUT2D eigenvalue weighted by Gasteiger charge is 2.35. The van der Waals surface area contributed by atoms with Gasteiger partial charge in [0.1, 0.15) is 11.1 Å². The molecule has 23 heavy (non-hydrogen) atoms. The smallest absolute Gasteiger partial charge is 0.238 e. The van der Waals surface area contributed by atoms with Crippen molar-refractivity contribution in [3.8, 4) is 5.75 Å². The number of benzene rings is 2. The predicted molar refractivity (Wildman–Crippen MR) is 99.4 cm³/mol. The summed E-state index contributed by atoms with van der Waals surface area (Å²) in [5.41, 5.74) is 1.84. The summed E-state index contributed by atoms with van der Waals surface area (Å²) in [6, 6.07) is 13.2. The first kappa shape index (κ1) is 16.7. The third-order valence-electron chi connectivity index (χ3n) is 3.51. The number of nitrogens with zero attached hydrogens (tertiary/aromatic N) is 1. The minimum atomic E-state index is -0.109. The molecule has 1 aliphatic rings. The van der Waals surface area contributed by atoms with E-state index in [1.54, 1.807) is 23.9 Å². The van der Waals surface area contributed by atoms with Crippen LogP contribution in [0.2, 0.25) is 5.02 Å². The fraction of sp³-hybridized carbons (Fsp3) is 0.235. The molecule has 120 valence electrons. The predicted octanol–water partition coefficient (Wildman–Crippen LogP) is 5.28. The molecule has 1 atom stereocenters. The summed E-state index contributed by atoms with van der Waals surface area (Å²) in [6.07, 6.45) is 0. The molecular weight excluding hydrogens is 398 g/mol. The third kappa shape index (κ3) is 3.52. The molecule has 0 aromatic heterocycles. The lowest BCUT2D eigenvalue weighted by Crippen LogP contribution is -2.28. The molecule has 1 fully saturated rings. The molecule has 1 heterocycles. The number of thioether (sulfide) groups is 1. The van der Waals surface area contributed by atoms with Gasteiger partial charge in [-0.1, -0.05) is 27.5 Å². The van der Waals surface area contributed by atoms with E-state index < -0.39 is 0 Å². The van der Waals surface area contributed by atoms with E-state index in [0.29, 0.717) is 17.4 Å². The largest absolute Gasteiger partial charge is 0.493 e. The van der Waals surface area contributed by atoms with Gasteiger partial charge in [-0.15, -0.1) is 11.8 Å². The van der Waals surface area contributed by atoms with Crippen molar-refractivity contribution in [1.29, 1.82) is 0 Å². The lowest BCUT2D eigenvalue weighted by Gasteiger charge is -2.26. The van der Waals surface area contributed by atoms with Gasteiger partial charge in [-0.2, -0.15) is 0 Å². The van der Waals surface area contributed by atoms with Gasteiger partial charge in [-0.3, -0.25) is 9.69 Å². The highest BCUT2D eigenvalue weighted by atomic mass is 79.9. The van der Waals surface area contributed by atoms with Crippen LogP contribution in [0, 0.1) is 0 Å². The number of anilines is 1. The third-order valence-corrected chi connectivity index (χ3v) is 5.45. The quantitative estimate of drug-likeness (QED) is 0.684. The normalized spacial score (nSPS) is 17.6. The molecule has 0 unspecified atom stereocenters. The molecule has 0 radical (unpaired) electrons. The van der Waals surface area contributed by atoms with Crippen molar-refractivity contribution in [1.82, 2.24) is 0 Å². The standard InChI is InChI=1S/C17H15BrClNO2S/c1-2-22-15-8-3-11(18)9-14(15)17-20(16(21)10-23-17)13-6-4-12(19)5-7-13/h3-9,17H,2,10H2,1H3/t17-/m0/s1. The first-order chi connectivity index (χ1) is 11.1. The van der Waals surface area contributed by atoms with E-state index in [1.807, 2.05) is 42.2 Å². The average molecular weight is 413 g/mol. The van der Waals surface area contributed by atoms with E-state index in [0.717, 1.165) is 21.5 Å². The van der Waals surface area contributed by atoms with Crippen LogP contribution in [0.3, 0.4) is 0 Å². The summed E-state index contributed by atoms with van der Waals surface area (Å²) in [4.78, 5) is 14.2. The van der Waals surface area contributed by atoms with Crippen molar-refractivity contribution in [3.05, 3.63) is 57.5 Å². The summed E-state index contributed by atoms with van der Waals surface area (Å²) in [5, 5.41) is 0.546. The number of hydrogen-bond acceptors (Lipinski definition) is 3. The number of halogens is 2. The van der Waals surface area contributed by atoms with Gasteiger partial charge in [0.2, 0.25) is 5.91 Å². The fourth-order valence-corrected chi connectivity index (χ4v) is 4.23. The first-order valence-electron chi connectivity index (χ1n) is 7.21. The van der Waals surface area contributed by atoms with E-state index in [1.165, 1.54) is 0 Å². The molecule has 2 aromatic carbocycles. The minimum Gasteiger partial charge on any atom is -0.493 e. The molecule has 0 aliphatic carbocycles. The molecule has 1 saturated heterocycles. The van der Waals surface area contributed by atoms with Crippen molar-refractivity contribution in [3.63, 3.8) is 0 Å². The van der Waals surface area contributed by atoms with E-state index in [-0.39, 0.29) is 11.3 Å². The molecule has 0 spiro atoms. The van der Waals surface area contributed by atoms with Gasteiger partial charge in [0.05, 0.1) is 12.4 Å². The maximum atomic E-state index is 12.4. The fourth-order valence-electron chi connectivity index (χ4n) is 2.53. The number of carbonyl (C=O) groups is 1. The minimum absolute atomic E-state index is 0.0877. The van der Waals surface area contributed by atoms with Gasteiger partial charge >= 0.3 is 0 Å². The van der Waals surface area contributed by atoms with Crippen LogP contribution >= 0.6 is 39.3 Å². The van der Waals surface area contributed by atoms with Crippen LogP contribution in [0.4, 0.5) is 5.69 Å². The van der Waals surface area contributed by atoms with Crippen LogP contribution in [0.1, 0.15) is 17.9 Å². The van der Waals surface area contributed by atoms with Crippen LogP contribution in [0.5, 0.6) is 5.75 Å². The van der Waals surface area contributed by atoms with Gasteiger partial charge in [-0.25, -0.2) is 0 Å². The first-order valence-corrected chi connectivity index (χ1v) is 9.43. The number of carbonyl (C=O) groups excluding carboxylic acids is 1. The zero-order valence-electron chi connectivity index (χ0n) is 12.5. The van der Waals surface area contributed by atoms with E-state index in [9.17, 15) is 4.79 Å². The second-order valence-corrected chi connectivity index (χ2v) is 7.44. The van der Waals surface area contributed by atoms with Crippen molar-refractivity contribution in [2.24, 2.45) is 0 Å². The summed E-state index contributed by atoms with van der Waals surface area (Å²) in [7, 11) is 0. The van der Waals surface area contributed by atoms with E-state index >= 15 is 0 Å². The molecule has 3 rings (SSSR count). The zero-order valence-corrected chi connectivity index (χ0v) is 15.6. The molecule has 2 aromatic rings. The molecule has 1 amide bonds. The Bertz CT molecular complexity index is 723.